The average Bonchev–Trinajstić information content (AvgIpc) is 3.67. The average molecular weight is 529 g/mol. The Hall–Kier alpha value is -0.140. The van der Waals surface area contributed by atoms with Gasteiger partial charge in [-0.1, -0.05) is 27.7 Å². The molecular formula is C36H58F2. The van der Waals surface area contributed by atoms with Crippen LogP contribution in [0.1, 0.15) is 130 Å². The Morgan fingerprint density at radius 2 is 1.21 bits per heavy atom. The van der Waals surface area contributed by atoms with Gasteiger partial charge in [0, 0.05) is 6.42 Å². The van der Waals surface area contributed by atoms with Gasteiger partial charge in [-0.3, -0.25) is 0 Å². The summed E-state index contributed by atoms with van der Waals surface area (Å²) in [6, 6.07) is 0. The van der Waals surface area contributed by atoms with Crippen molar-refractivity contribution >= 4 is 0 Å². The van der Waals surface area contributed by atoms with Gasteiger partial charge in [-0.05, 0) is 184 Å². The van der Waals surface area contributed by atoms with Crippen LogP contribution in [0.3, 0.4) is 0 Å². The van der Waals surface area contributed by atoms with Crippen LogP contribution in [0.15, 0.2) is 0 Å². The Morgan fingerprint density at radius 3 is 1.68 bits per heavy atom. The monoisotopic (exact) mass is 528 g/mol. The van der Waals surface area contributed by atoms with E-state index in [1.165, 1.54) is 89.9 Å². The third-order valence-electron chi connectivity index (χ3n) is 14.1. The van der Waals surface area contributed by atoms with Gasteiger partial charge in [0.1, 0.15) is 0 Å². The lowest BCUT2D eigenvalue weighted by molar-refractivity contribution is 0.0295. The quantitative estimate of drug-likeness (QED) is 0.176. The lowest BCUT2D eigenvalue weighted by Gasteiger charge is -2.44. The van der Waals surface area contributed by atoms with Crippen LogP contribution in [-0.2, 0) is 0 Å². The minimum Gasteiger partial charge on any atom is -0.211 e. The van der Waals surface area contributed by atoms with Crippen molar-refractivity contribution in [2.24, 2.45) is 87.8 Å². The Kier molecular flexibility index (Phi) is 6.83. The van der Waals surface area contributed by atoms with Gasteiger partial charge in [0.15, 0.2) is 0 Å². The number of rotatable bonds is 17. The maximum absolute atomic E-state index is 13.4. The Morgan fingerprint density at radius 1 is 0.658 bits per heavy atom. The molecule has 0 saturated heterocycles. The highest BCUT2D eigenvalue weighted by Crippen LogP contribution is 2.75. The first-order valence-electron chi connectivity index (χ1n) is 17.5. The van der Waals surface area contributed by atoms with E-state index in [1.54, 1.807) is 0 Å². The van der Waals surface area contributed by atoms with Crippen LogP contribution in [0.5, 0.6) is 0 Å². The fourth-order valence-corrected chi connectivity index (χ4v) is 12.0. The SMILES string of the molecule is CC(C)C(C1CC1)C1CC1CC(C)C(C1CC1)(C1CC1)C1CC1CC(C)C(CCC(F)F)(C1CC1)C1CC1. The molecule has 7 saturated carbocycles. The summed E-state index contributed by atoms with van der Waals surface area (Å²) in [6.07, 6.45) is 19.1. The van der Waals surface area contributed by atoms with Crippen molar-refractivity contribution in [1.29, 1.82) is 0 Å². The van der Waals surface area contributed by atoms with E-state index < -0.39 is 6.43 Å². The summed E-state index contributed by atoms with van der Waals surface area (Å²) in [5, 5.41) is 0. The lowest BCUT2D eigenvalue weighted by atomic mass is 9.61. The molecule has 0 aromatic heterocycles. The molecule has 0 aromatic rings. The van der Waals surface area contributed by atoms with E-state index >= 15 is 0 Å². The molecule has 0 aromatic carbocycles. The van der Waals surface area contributed by atoms with Gasteiger partial charge in [0.05, 0.1) is 0 Å². The molecule has 0 aliphatic heterocycles. The molecule has 0 nitrogen and oxygen atoms in total. The maximum atomic E-state index is 13.4. The van der Waals surface area contributed by atoms with E-state index in [1.807, 2.05) is 0 Å². The minimum absolute atomic E-state index is 0.150. The third kappa shape index (κ3) is 4.84. The molecule has 0 N–H and O–H groups in total. The number of hydrogen-bond donors (Lipinski definition) is 0. The van der Waals surface area contributed by atoms with Gasteiger partial charge >= 0.3 is 0 Å². The first-order chi connectivity index (χ1) is 18.3. The standard InChI is InChI=1S/C36H58F2/c1-21(2)34(24-5-6-24)31-19-25(31)18-23(4)36(29-11-12-29,30-13-14-30)32-20-26(32)17-22(3)35(27-7-8-27,28-9-10-28)16-15-33(37)38/h21-34H,5-20H2,1-4H3. The van der Waals surface area contributed by atoms with Crippen LogP contribution in [0.4, 0.5) is 8.78 Å². The second-order valence-electron chi connectivity index (χ2n) is 16.8. The molecule has 38 heavy (non-hydrogen) atoms. The maximum Gasteiger partial charge on any atom is 0.238 e. The van der Waals surface area contributed by atoms with E-state index in [-0.39, 0.29) is 11.8 Å². The molecule has 7 aliphatic rings. The van der Waals surface area contributed by atoms with Crippen LogP contribution in [0.25, 0.3) is 0 Å². The molecule has 216 valence electrons. The van der Waals surface area contributed by atoms with Gasteiger partial charge in [-0.25, -0.2) is 8.78 Å². The third-order valence-corrected chi connectivity index (χ3v) is 14.1. The Bertz CT molecular complexity index is 815. The van der Waals surface area contributed by atoms with Crippen molar-refractivity contribution in [3.05, 3.63) is 0 Å². The largest absolute Gasteiger partial charge is 0.238 e. The second kappa shape index (κ2) is 9.71. The summed E-state index contributed by atoms with van der Waals surface area (Å²) in [5.74, 6) is 12.0. The van der Waals surface area contributed by atoms with E-state index in [0.29, 0.717) is 11.3 Å². The highest BCUT2D eigenvalue weighted by Gasteiger charge is 2.67. The van der Waals surface area contributed by atoms with Crippen molar-refractivity contribution in [2.45, 2.75) is 137 Å². The molecule has 0 radical (unpaired) electrons. The summed E-state index contributed by atoms with van der Waals surface area (Å²) in [5.41, 5.74) is 0.905. The molecule has 7 rings (SSSR count). The van der Waals surface area contributed by atoms with Crippen LogP contribution >= 0.6 is 0 Å². The Balaban J connectivity index is 1.04. The van der Waals surface area contributed by atoms with Crippen LogP contribution < -0.4 is 0 Å². The van der Waals surface area contributed by atoms with E-state index in [0.717, 1.165) is 77.4 Å². The highest BCUT2D eigenvalue weighted by atomic mass is 19.3. The van der Waals surface area contributed by atoms with Crippen molar-refractivity contribution < 1.29 is 8.78 Å². The van der Waals surface area contributed by atoms with Crippen molar-refractivity contribution in [2.75, 3.05) is 0 Å². The fourth-order valence-electron chi connectivity index (χ4n) is 12.0. The molecule has 0 heterocycles. The lowest BCUT2D eigenvalue weighted by Crippen LogP contribution is -2.38. The first-order valence-corrected chi connectivity index (χ1v) is 17.5. The summed E-state index contributed by atoms with van der Waals surface area (Å²) in [7, 11) is 0. The van der Waals surface area contributed by atoms with Gasteiger partial charge in [-0.15, -0.1) is 0 Å². The van der Waals surface area contributed by atoms with E-state index in [9.17, 15) is 8.78 Å². The molecule has 7 fully saturated rings. The summed E-state index contributed by atoms with van der Waals surface area (Å²) in [4.78, 5) is 0. The molecule has 0 bridgehead atoms. The van der Waals surface area contributed by atoms with Gasteiger partial charge in [0.25, 0.3) is 0 Å². The molecule has 0 amide bonds. The van der Waals surface area contributed by atoms with Gasteiger partial charge in [-0.2, -0.15) is 0 Å². The van der Waals surface area contributed by atoms with Crippen molar-refractivity contribution in [3.8, 4) is 0 Å². The normalized spacial score (nSPS) is 36.0. The number of halogens is 2. The minimum atomic E-state index is -2.12. The zero-order valence-electron chi connectivity index (χ0n) is 25.2. The first kappa shape index (κ1) is 26.7. The summed E-state index contributed by atoms with van der Waals surface area (Å²) in [6.45, 7) is 10.2. The highest BCUT2D eigenvalue weighted by molar-refractivity contribution is 5.16. The molecule has 0 spiro atoms. The zero-order valence-corrected chi connectivity index (χ0v) is 25.2. The van der Waals surface area contributed by atoms with Crippen LogP contribution in [0.2, 0.25) is 0 Å². The number of hydrogen-bond acceptors (Lipinski definition) is 0. The molecule has 7 unspecified atom stereocenters. The number of alkyl halides is 2. The van der Waals surface area contributed by atoms with Gasteiger partial charge < -0.3 is 0 Å². The summed E-state index contributed by atoms with van der Waals surface area (Å²) >= 11 is 0. The predicted octanol–water partition coefficient (Wildman–Crippen LogP) is 10.7. The Labute approximate surface area is 233 Å². The predicted molar refractivity (Wildman–Crippen MR) is 153 cm³/mol. The van der Waals surface area contributed by atoms with Crippen LogP contribution in [-0.4, -0.2) is 6.43 Å². The van der Waals surface area contributed by atoms with Gasteiger partial charge in [0.2, 0.25) is 6.43 Å². The smallest absolute Gasteiger partial charge is 0.211 e. The zero-order chi connectivity index (χ0) is 26.4. The molecule has 7 atom stereocenters. The summed E-state index contributed by atoms with van der Waals surface area (Å²) < 4.78 is 26.9. The fraction of sp³-hybridized carbons (Fsp3) is 1.00. The molecular weight excluding hydrogens is 470 g/mol. The van der Waals surface area contributed by atoms with E-state index in [2.05, 4.69) is 27.7 Å². The molecule has 2 heteroatoms. The van der Waals surface area contributed by atoms with Crippen molar-refractivity contribution in [3.63, 3.8) is 0 Å². The second-order valence-corrected chi connectivity index (χ2v) is 16.8. The topological polar surface area (TPSA) is 0 Å². The van der Waals surface area contributed by atoms with E-state index in [4.69, 9.17) is 0 Å². The van der Waals surface area contributed by atoms with Crippen LogP contribution in [0, 0.1) is 87.8 Å². The molecule has 7 aliphatic carbocycles. The van der Waals surface area contributed by atoms with Crippen molar-refractivity contribution in [1.82, 2.24) is 0 Å².